The summed E-state index contributed by atoms with van der Waals surface area (Å²) in [5, 5.41) is 1.14. The van der Waals surface area contributed by atoms with Crippen molar-refractivity contribution in [1.29, 1.82) is 0 Å². The summed E-state index contributed by atoms with van der Waals surface area (Å²) in [5.41, 5.74) is 0.116. The standard InChI is InChI=1S/C17H22ClFN4O2/c1-17(2,3)25-16(24)23-6-4-11(13(19)9-23)8-22-7-5-12-14(18)20-10-21-15(12)22/h5,7,10-11,13H,4,6,8-9H2,1-3H3/t11-,13+/m1/s1. The molecule has 1 aliphatic heterocycles. The third-order valence-corrected chi connectivity index (χ3v) is 4.57. The van der Waals surface area contributed by atoms with E-state index in [-0.39, 0.29) is 12.5 Å². The van der Waals surface area contributed by atoms with Crippen LogP contribution in [-0.2, 0) is 11.3 Å². The van der Waals surface area contributed by atoms with E-state index in [0.717, 1.165) is 5.39 Å². The first kappa shape index (κ1) is 17.9. The van der Waals surface area contributed by atoms with Crippen LogP contribution in [0.5, 0.6) is 0 Å². The van der Waals surface area contributed by atoms with Gasteiger partial charge in [0.2, 0.25) is 0 Å². The Labute approximate surface area is 150 Å². The van der Waals surface area contributed by atoms with Crippen LogP contribution in [0.15, 0.2) is 18.6 Å². The van der Waals surface area contributed by atoms with E-state index in [9.17, 15) is 9.18 Å². The fourth-order valence-electron chi connectivity index (χ4n) is 3.02. The molecule has 6 nitrogen and oxygen atoms in total. The van der Waals surface area contributed by atoms with Gasteiger partial charge in [-0.05, 0) is 33.3 Å². The molecule has 2 atom stereocenters. The topological polar surface area (TPSA) is 60.2 Å². The maximum atomic E-state index is 14.6. The predicted octanol–water partition coefficient (Wildman–Crippen LogP) is 3.68. The van der Waals surface area contributed by atoms with Crippen LogP contribution in [0.3, 0.4) is 0 Å². The first-order valence-electron chi connectivity index (χ1n) is 8.32. The van der Waals surface area contributed by atoms with Gasteiger partial charge >= 0.3 is 6.09 Å². The number of aromatic nitrogens is 3. The van der Waals surface area contributed by atoms with Crippen LogP contribution in [0.4, 0.5) is 9.18 Å². The summed E-state index contributed by atoms with van der Waals surface area (Å²) in [6.45, 7) is 6.42. The molecule has 0 saturated carbocycles. The van der Waals surface area contributed by atoms with Gasteiger partial charge in [-0.2, -0.15) is 0 Å². The van der Waals surface area contributed by atoms with E-state index in [1.807, 2.05) is 16.8 Å². The lowest BCUT2D eigenvalue weighted by Gasteiger charge is -2.35. The van der Waals surface area contributed by atoms with Crippen molar-refractivity contribution in [2.45, 2.75) is 45.5 Å². The Balaban J connectivity index is 1.66. The fourth-order valence-corrected chi connectivity index (χ4v) is 3.22. The lowest BCUT2D eigenvalue weighted by atomic mass is 9.95. The Morgan fingerprint density at radius 3 is 2.88 bits per heavy atom. The van der Waals surface area contributed by atoms with Crippen LogP contribution < -0.4 is 0 Å². The van der Waals surface area contributed by atoms with Gasteiger partial charge in [-0.3, -0.25) is 0 Å². The van der Waals surface area contributed by atoms with Crippen LogP contribution in [0.2, 0.25) is 5.15 Å². The first-order chi connectivity index (χ1) is 11.7. The third kappa shape index (κ3) is 4.03. The maximum Gasteiger partial charge on any atom is 0.410 e. The third-order valence-electron chi connectivity index (χ3n) is 4.27. The Hall–Kier alpha value is -1.89. The van der Waals surface area contributed by atoms with Gasteiger partial charge in [-0.25, -0.2) is 19.2 Å². The molecule has 0 unspecified atom stereocenters. The number of halogens is 2. The first-order valence-corrected chi connectivity index (χ1v) is 8.70. The molecule has 3 heterocycles. The molecule has 3 rings (SSSR count). The monoisotopic (exact) mass is 368 g/mol. The average molecular weight is 369 g/mol. The van der Waals surface area contributed by atoms with Gasteiger partial charge in [0.25, 0.3) is 0 Å². The number of likely N-dealkylation sites (tertiary alicyclic amines) is 1. The molecule has 0 bridgehead atoms. The lowest BCUT2D eigenvalue weighted by molar-refractivity contribution is 0.00395. The summed E-state index contributed by atoms with van der Waals surface area (Å²) in [6, 6.07) is 1.83. The number of hydrogen-bond donors (Lipinski definition) is 0. The van der Waals surface area contributed by atoms with E-state index in [2.05, 4.69) is 9.97 Å². The number of alkyl halides is 1. The minimum atomic E-state index is -1.11. The smallest absolute Gasteiger partial charge is 0.410 e. The largest absolute Gasteiger partial charge is 0.444 e. The molecule has 2 aromatic rings. The summed E-state index contributed by atoms with van der Waals surface area (Å²) in [7, 11) is 0. The Morgan fingerprint density at radius 1 is 1.44 bits per heavy atom. The highest BCUT2D eigenvalue weighted by Crippen LogP contribution is 2.27. The molecule has 0 radical (unpaired) electrons. The normalized spacial score (nSPS) is 21.6. The molecule has 1 amide bonds. The van der Waals surface area contributed by atoms with Crippen molar-refractivity contribution >= 4 is 28.7 Å². The van der Waals surface area contributed by atoms with Gasteiger partial charge in [0, 0.05) is 25.2 Å². The molecular weight excluding hydrogens is 347 g/mol. The zero-order valence-electron chi connectivity index (χ0n) is 14.6. The van der Waals surface area contributed by atoms with E-state index in [1.165, 1.54) is 11.2 Å². The minimum absolute atomic E-state index is 0.0501. The number of rotatable bonds is 2. The van der Waals surface area contributed by atoms with E-state index in [0.29, 0.717) is 30.3 Å². The Morgan fingerprint density at radius 2 is 2.20 bits per heavy atom. The number of carbonyl (C=O) groups excluding carboxylic acids is 1. The van der Waals surface area contributed by atoms with Crippen molar-refractivity contribution in [2.75, 3.05) is 13.1 Å². The highest BCUT2D eigenvalue weighted by molar-refractivity contribution is 6.33. The van der Waals surface area contributed by atoms with Crippen molar-refractivity contribution < 1.29 is 13.9 Å². The summed E-state index contributed by atoms with van der Waals surface area (Å²) in [4.78, 5) is 21.7. The van der Waals surface area contributed by atoms with Crippen molar-refractivity contribution in [3.05, 3.63) is 23.7 Å². The van der Waals surface area contributed by atoms with Gasteiger partial charge in [0.1, 0.15) is 28.9 Å². The lowest BCUT2D eigenvalue weighted by Crippen LogP contribution is -2.47. The van der Waals surface area contributed by atoms with Crippen molar-refractivity contribution in [2.24, 2.45) is 5.92 Å². The zero-order valence-corrected chi connectivity index (χ0v) is 15.3. The van der Waals surface area contributed by atoms with Crippen LogP contribution in [0.1, 0.15) is 27.2 Å². The summed E-state index contributed by atoms with van der Waals surface area (Å²) in [5.74, 6) is -0.192. The highest BCUT2D eigenvalue weighted by atomic mass is 35.5. The Bertz CT molecular complexity index is 774. The maximum absolute atomic E-state index is 14.6. The molecule has 1 fully saturated rings. The molecule has 2 aromatic heterocycles. The van der Waals surface area contributed by atoms with E-state index < -0.39 is 17.9 Å². The van der Waals surface area contributed by atoms with Crippen molar-refractivity contribution in [1.82, 2.24) is 19.4 Å². The van der Waals surface area contributed by atoms with E-state index in [1.54, 1.807) is 20.8 Å². The van der Waals surface area contributed by atoms with Crippen LogP contribution in [-0.4, -0.2) is 50.4 Å². The average Bonchev–Trinajstić information content (AvgIpc) is 2.92. The van der Waals surface area contributed by atoms with Gasteiger partial charge in [-0.1, -0.05) is 11.6 Å². The van der Waals surface area contributed by atoms with Crippen molar-refractivity contribution in [3.63, 3.8) is 0 Å². The van der Waals surface area contributed by atoms with Crippen molar-refractivity contribution in [3.8, 4) is 0 Å². The number of nitrogens with zero attached hydrogens (tertiary/aromatic N) is 4. The van der Waals surface area contributed by atoms with Gasteiger partial charge < -0.3 is 14.2 Å². The minimum Gasteiger partial charge on any atom is -0.444 e. The van der Waals surface area contributed by atoms with Gasteiger partial charge in [0.15, 0.2) is 0 Å². The molecule has 8 heteroatoms. The van der Waals surface area contributed by atoms with E-state index in [4.69, 9.17) is 16.3 Å². The number of ether oxygens (including phenoxy) is 1. The van der Waals surface area contributed by atoms with Crippen LogP contribution in [0.25, 0.3) is 11.0 Å². The second-order valence-corrected chi connectivity index (χ2v) is 7.72. The molecule has 0 spiro atoms. The quantitative estimate of drug-likeness (QED) is 0.759. The van der Waals surface area contributed by atoms with E-state index >= 15 is 0 Å². The number of carbonyl (C=O) groups is 1. The van der Waals surface area contributed by atoms with Crippen LogP contribution >= 0.6 is 11.6 Å². The molecule has 25 heavy (non-hydrogen) atoms. The number of piperidine rings is 1. The van der Waals surface area contributed by atoms with Crippen LogP contribution in [0, 0.1) is 5.92 Å². The molecule has 0 aromatic carbocycles. The fraction of sp³-hybridized carbons (Fsp3) is 0.588. The molecule has 0 aliphatic carbocycles. The Kier molecular flexibility index (Phi) is 4.86. The molecule has 0 N–H and O–H groups in total. The SMILES string of the molecule is CC(C)(C)OC(=O)N1CC[C@H](Cn2ccc3c(Cl)ncnc32)[C@@H](F)C1. The molecular formula is C17H22ClFN4O2. The summed E-state index contributed by atoms with van der Waals surface area (Å²) < 4.78 is 21.9. The molecule has 1 saturated heterocycles. The number of amides is 1. The summed E-state index contributed by atoms with van der Waals surface area (Å²) >= 11 is 6.05. The second-order valence-electron chi connectivity index (χ2n) is 7.36. The van der Waals surface area contributed by atoms with Gasteiger partial charge in [0.05, 0.1) is 11.9 Å². The second kappa shape index (κ2) is 6.78. The number of hydrogen-bond acceptors (Lipinski definition) is 4. The molecule has 136 valence electrons. The number of fused-ring (bicyclic) bond motifs is 1. The zero-order chi connectivity index (χ0) is 18.2. The predicted molar refractivity (Wildman–Crippen MR) is 93.3 cm³/mol. The molecule has 1 aliphatic rings. The highest BCUT2D eigenvalue weighted by Gasteiger charge is 2.34. The summed E-state index contributed by atoms with van der Waals surface area (Å²) in [6.07, 6.45) is 2.24. The van der Waals surface area contributed by atoms with Gasteiger partial charge in [-0.15, -0.1) is 0 Å².